The molecule has 0 heterocycles. The molecule has 0 saturated heterocycles. The van der Waals surface area contributed by atoms with Crippen LogP contribution in [0.5, 0.6) is 11.5 Å². The number of aromatic hydroxyl groups is 1. The molecule has 0 unspecified atom stereocenters. The van der Waals surface area contributed by atoms with Crippen molar-refractivity contribution in [2.24, 2.45) is 0 Å². The van der Waals surface area contributed by atoms with E-state index in [1.54, 1.807) is 6.07 Å². The summed E-state index contributed by atoms with van der Waals surface area (Å²) in [5.74, 6) is 0.544. The van der Waals surface area contributed by atoms with Gasteiger partial charge in [-0.25, -0.2) is 0 Å². The standard InChI is InChI=1S/C14H11NO2/c15-9-12-8-13(6-7-14(12)16)17-10-11-4-2-1-3-5-11/h1-8,16H,10H2. The fourth-order valence-electron chi connectivity index (χ4n) is 1.44. The van der Waals surface area contributed by atoms with Gasteiger partial charge in [0.2, 0.25) is 0 Å². The average molecular weight is 225 g/mol. The predicted octanol–water partition coefficient (Wildman–Crippen LogP) is 2.84. The first-order valence-corrected chi connectivity index (χ1v) is 5.19. The Hall–Kier alpha value is -2.47. The van der Waals surface area contributed by atoms with Crippen LogP contribution >= 0.6 is 0 Å². The highest BCUT2D eigenvalue weighted by Gasteiger charge is 2.02. The van der Waals surface area contributed by atoms with Gasteiger partial charge in [-0.3, -0.25) is 0 Å². The van der Waals surface area contributed by atoms with Crippen LogP contribution in [0.25, 0.3) is 0 Å². The van der Waals surface area contributed by atoms with E-state index in [1.807, 2.05) is 36.4 Å². The lowest BCUT2D eigenvalue weighted by molar-refractivity contribution is 0.305. The molecule has 2 aromatic rings. The van der Waals surface area contributed by atoms with E-state index in [-0.39, 0.29) is 11.3 Å². The molecule has 84 valence electrons. The first kappa shape index (κ1) is 11.0. The normalized spacial score (nSPS) is 9.59. The van der Waals surface area contributed by atoms with Crippen LogP contribution in [0, 0.1) is 11.3 Å². The van der Waals surface area contributed by atoms with E-state index >= 15 is 0 Å². The largest absolute Gasteiger partial charge is 0.507 e. The van der Waals surface area contributed by atoms with E-state index in [2.05, 4.69) is 0 Å². The number of ether oxygens (including phenoxy) is 1. The summed E-state index contributed by atoms with van der Waals surface area (Å²) in [4.78, 5) is 0. The Morgan fingerprint density at radius 3 is 2.59 bits per heavy atom. The molecule has 0 bridgehead atoms. The number of benzene rings is 2. The van der Waals surface area contributed by atoms with Gasteiger partial charge in [0.05, 0.1) is 5.56 Å². The zero-order valence-electron chi connectivity index (χ0n) is 9.13. The van der Waals surface area contributed by atoms with E-state index in [9.17, 15) is 5.11 Å². The van der Waals surface area contributed by atoms with Gasteiger partial charge in [-0.1, -0.05) is 30.3 Å². The first-order valence-electron chi connectivity index (χ1n) is 5.19. The molecule has 0 atom stereocenters. The minimum absolute atomic E-state index is 0.0282. The summed E-state index contributed by atoms with van der Waals surface area (Å²) in [5, 5.41) is 18.1. The Morgan fingerprint density at radius 1 is 1.12 bits per heavy atom. The van der Waals surface area contributed by atoms with Crippen LogP contribution in [0.3, 0.4) is 0 Å². The molecule has 0 saturated carbocycles. The summed E-state index contributed by atoms with van der Waals surface area (Å²) < 4.78 is 5.53. The molecular weight excluding hydrogens is 214 g/mol. The maximum Gasteiger partial charge on any atom is 0.133 e. The molecule has 0 aromatic heterocycles. The molecule has 0 fully saturated rings. The first-order chi connectivity index (χ1) is 8.29. The van der Waals surface area contributed by atoms with Gasteiger partial charge < -0.3 is 9.84 Å². The van der Waals surface area contributed by atoms with Crippen molar-refractivity contribution in [3.05, 3.63) is 59.7 Å². The molecule has 3 heteroatoms. The average Bonchev–Trinajstić information content (AvgIpc) is 2.39. The van der Waals surface area contributed by atoms with Crippen molar-refractivity contribution < 1.29 is 9.84 Å². The van der Waals surface area contributed by atoms with Crippen LogP contribution in [0.1, 0.15) is 11.1 Å². The van der Waals surface area contributed by atoms with E-state index in [1.165, 1.54) is 12.1 Å². The van der Waals surface area contributed by atoms with E-state index in [4.69, 9.17) is 10.00 Å². The fraction of sp³-hybridized carbons (Fsp3) is 0.0714. The lowest BCUT2D eigenvalue weighted by Gasteiger charge is -2.06. The summed E-state index contributed by atoms with van der Waals surface area (Å²) in [5.41, 5.74) is 1.27. The van der Waals surface area contributed by atoms with E-state index in [0.717, 1.165) is 5.56 Å². The third-order valence-electron chi connectivity index (χ3n) is 2.34. The number of phenols is 1. The monoisotopic (exact) mass is 225 g/mol. The summed E-state index contributed by atoms with van der Waals surface area (Å²) >= 11 is 0. The molecule has 1 N–H and O–H groups in total. The number of phenolic OH excluding ortho intramolecular Hbond substituents is 1. The van der Waals surface area contributed by atoms with E-state index < -0.39 is 0 Å². The van der Waals surface area contributed by atoms with Crippen LogP contribution in [0.4, 0.5) is 0 Å². The summed E-state index contributed by atoms with van der Waals surface area (Å²) in [6, 6.07) is 16.3. The molecule has 0 aliphatic rings. The lowest BCUT2D eigenvalue weighted by Crippen LogP contribution is -1.95. The smallest absolute Gasteiger partial charge is 0.133 e. The Balaban J connectivity index is 2.08. The van der Waals surface area contributed by atoms with Gasteiger partial charge in [0.1, 0.15) is 24.2 Å². The van der Waals surface area contributed by atoms with Gasteiger partial charge in [0.15, 0.2) is 0 Å². The van der Waals surface area contributed by atoms with Crippen LogP contribution in [-0.4, -0.2) is 5.11 Å². The Kier molecular flexibility index (Phi) is 3.27. The quantitative estimate of drug-likeness (QED) is 0.873. The fourth-order valence-corrected chi connectivity index (χ4v) is 1.44. The third-order valence-corrected chi connectivity index (χ3v) is 2.34. The Morgan fingerprint density at radius 2 is 1.88 bits per heavy atom. The number of rotatable bonds is 3. The van der Waals surface area contributed by atoms with Crippen LogP contribution in [0.15, 0.2) is 48.5 Å². The van der Waals surface area contributed by atoms with Crippen molar-refractivity contribution in [1.82, 2.24) is 0 Å². The van der Waals surface area contributed by atoms with Gasteiger partial charge in [-0.15, -0.1) is 0 Å². The number of hydrogen-bond acceptors (Lipinski definition) is 3. The second-order valence-corrected chi connectivity index (χ2v) is 3.57. The second kappa shape index (κ2) is 5.04. The number of hydrogen-bond donors (Lipinski definition) is 1. The molecule has 0 aliphatic heterocycles. The minimum atomic E-state index is -0.0282. The van der Waals surface area contributed by atoms with Crippen LogP contribution in [0.2, 0.25) is 0 Å². The molecule has 0 radical (unpaired) electrons. The van der Waals surface area contributed by atoms with Crippen LogP contribution in [-0.2, 0) is 6.61 Å². The maximum atomic E-state index is 9.34. The third kappa shape index (κ3) is 2.76. The summed E-state index contributed by atoms with van der Waals surface area (Å²) in [6.45, 7) is 0.441. The highest BCUT2D eigenvalue weighted by atomic mass is 16.5. The van der Waals surface area contributed by atoms with Crippen LogP contribution < -0.4 is 4.74 Å². The Labute approximate surface area is 99.5 Å². The van der Waals surface area contributed by atoms with E-state index in [0.29, 0.717) is 12.4 Å². The molecule has 17 heavy (non-hydrogen) atoms. The topological polar surface area (TPSA) is 53.2 Å². The Bertz CT molecular complexity index is 544. The van der Waals surface area contributed by atoms with Gasteiger partial charge in [-0.05, 0) is 17.7 Å². The van der Waals surface area contributed by atoms with Gasteiger partial charge in [0, 0.05) is 6.07 Å². The zero-order chi connectivity index (χ0) is 12.1. The maximum absolute atomic E-state index is 9.34. The SMILES string of the molecule is N#Cc1cc(OCc2ccccc2)ccc1O. The molecule has 2 aromatic carbocycles. The van der Waals surface area contributed by atoms with Crippen molar-refractivity contribution in [3.63, 3.8) is 0 Å². The minimum Gasteiger partial charge on any atom is -0.507 e. The molecule has 2 rings (SSSR count). The second-order valence-electron chi connectivity index (χ2n) is 3.57. The lowest BCUT2D eigenvalue weighted by atomic mass is 10.2. The van der Waals surface area contributed by atoms with Gasteiger partial charge in [0.25, 0.3) is 0 Å². The summed E-state index contributed by atoms with van der Waals surface area (Å²) in [6.07, 6.45) is 0. The summed E-state index contributed by atoms with van der Waals surface area (Å²) in [7, 11) is 0. The van der Waals surface area contributed by atoms with Gasteiger partial charge in [-0.2, -0.15) is 5.26 Å². The predicted molar refractivity (Wildman–Crippen MR) is 63.6 cm³/mol. The number of nitriles is 1. The highest BCUT2D eigenvalue weighted by Crippen LogP contribution is 2.22. The van der Waals surface area contributed by atoms with Gasteiger partial charge >= 0.3 is 0 Å². The van der Waals surface area contributed by atoms with Crippen molar-refractivity contribution in [2.45, 2.75) is 6.61 Å². The molecular formula is C14H11NO2. The number of nitrogens with zero attached hydrogens (tertiary/aromatic N) is 1. The van der Waals surface area contributed by atoms with Crippen molar-refractivity contribution >= 4 is 0 Å². The molecule has 0 aliphatic carbocycles. The van der Waals surface area contributed by atoms with Crippen molar-refractivity contribution in [3.8, 4) is 17.6 Å². The van der Waals surface area contributed by atoms with Crippen molar-refractivity contribution in [1.29, 1.82) is 5.26 Å². The molecule has 0 spiro atoms. The molecule has 3 nitrogen and oxygen atoms in total. The zero-order valence-corrected chi connectivity index (χ0v) is 9.13. The molecule has 0 amide bonds. The highest BCUT2D eigenvalue weighted by molar-refractivity contribution is 5.46. The van der Waals surface area contributed by atoms with Crippen molar-refractivity contribution in [2.75, 3.05) is 0 Å².